The molecule has 1 N–H and O–H groups in total. The molecule has 0 saturated heterocycles. The lowest BCUT2D eigenvalue weighted by Gasteiger charge is -2.05. The molecule has 2 heterocycles. The summed E-state index contributed by atoms with van der Waals surface area (Å²) in [6.45, 7) is 2.12. The van der Waals surface area contributed by atoms with E-state index in [2.05, 4.69) is 18.1 Å². The number of aromatic nitrogens is 2. The van der Waals surface area contributed by atoms with Gasteiger partial charge in [0.2, 0.25) is 0 Å². The van der Waals surface area contributed by atoms with Gasteiger partial charge < -0.3 is 5.11 Å². The van der Waals surface area contributed by atoms with Crippen LogP contribution in [0.4, 0.5) is 0 Å². The van der Waals surface area contributed by atoms with Gasteiger partial charge in [0.1, 0.15) is 6.10 Å². The fourth-order valence-corrected chi connectivity index (χ4v) is 3.06. The molecule has 0 saturated carbocycles. The zero-order valence-electron chi connectivity index (χ0n) is 11.2. The normalized spacial score (nSPS) is 12.5. The molecule has 2 aromatic heterocycles. The molecule has 4 heteroatoms. The van der Waals surface area contributed by atoms with Crippen LogP contribution in [0.5, 0.6) is 0 Å². The third-order valence-electron chi connectivity index (χ3n) is 3.24. The van der Waals surface area contributed by atoms with Crippen LogP contribution >= 0.6 is 11.3 Å². The Hall–Kier alpha value is -1.91. The average Bonchev–Trinajstić information content (AvgIpc) is 3.17. The first-order valence-corrected chi connectivity index (χ1v) is 7.46. The number of hydrogen-bond donors (Lipinski definition) is 1. The summed E-state index contributed by atoms with van der Waals surface area (Å²) in [5, 5.41) is 14.7. The number of rotatable bonds is 4. The van der Waals surface area contributed by atoms with Crippen LogP contribution in [0.1, 0.15) is 28.3 Å². The number of aliphatic hydroxyl groups is 1. The highest BCUT2D eigenvalue weighted by atomic mass is 32.1. The Bertz CT molecular complexity index is 687. The lowest BCUT2D eigenvalue weighted by atomic mass is 10.2. The van der Waals surface area contributed by atoms with Gasteiger partial charge in [0.25, 0.3) is 0 Å². The van der Waals surface area contributed by atoms with Gasteiger partial charge in [-0.2, -0.15) is 5.10 Å². The van der Waals surface area contributed by atoms with E-state index in [1.54, 1.807) is 22.2 Å². The fraction of sp³-hybridized carbons (Fsp3) is 0.188. The molecule has 3 rings (SSSR count). The maximum Gasteiger partial charge on any atom is 0.116 e. The first kappa shape index (κ1) is 13.1. The van der Waals surface area contributed by atoms with Gasteiger partial charge in [-0.15, -0.1) is 11.3 Å². The molecule has 1 aromatic carbocycles. The van der Waals surface area contributed by atoms with Crippen molar-refractivity contribution in [1.82, 2.24) is 9.78 Å². The average molecular weight is 284 g/mol. The van der Waals surface area contributed by atoms with Crippen molar-refractivity contribution >= 4 is 11.3 Å². The van der Waals surface area contributed by atoms with E-state index in [-0.39, 0.29) is 0 Å². The lowest BCUT2D eigenvalue weighted by molar-refractivity contribution is 0.224. The highest BCUT2D eigenvalue weighted by Gasteiger charge is 2.15. The van der Waals surface area contributed by atoms with Gasteiger partial charge in [-0.1, -0.05) is 25.1 Å². The number of aliphatic hydroxyl groups excluding tert-OH is 1. The number of nitrogens with zero attached hydrogens (tertiary/aromatic N) is 2. The highest BCUT2D eigenvalue weighted by molar-refractivity contribution is 7.12. The van der Waals surface area contributed by atoms with Crippen molar-refractivity contribution in [2.75, 3.05) is 0 Å². The van der Waals surface area contributed by atoms with Crippen LogP contribution in [0.15, 0.2) is 54.9 Å². The second-order valence-corrected chi connectivity index (χ2v) is 5.81. The molecule has 0 aliphatic rings. The van der Waals surface area contributed by atoms with Gasteiger partial charge in [-0.25, -0.2) is 4.68 Å². The molecule has 0 radical (unpaired) electrons. The van der Waals surface area contributed by atoms with E-state index >= 15 is 0 Å². The van der Waals surface area contributed by atoms with E-state index in [0.29, 0.717) is 0 Å². The van der Waals surface area contributed by atoms with Crippen LogP contribution in [0.3, 0.4) is 0 Å². The maximum absolute atomic E-state index is 10.4. The Morgan fingerprint density at radius 1 is 1.20 bits per heavy atom. The van der Waals surface area contributed by atoms with Crippen molar-refractivity contribution in [1.29, 1.82) is 0 Å². The van der Waals surface area contributed by atoms with Gasteiger partial charge in [0, 0.05) is 21.5 Å². The van der Waals surface area contributed by atoms with Crippen molar-refractivity contribution in [2.45, 2.75) is 19.4 Å². The van der Waals surface area contributed by atoms with Gasteiger partial charge in [0.05, 0.1) is 11.9 Å². The summed E-state index contributed by atoms with van der Waals surface area (Å²) in [7, 11) is 0. The molecule has 1 atom stereocenters. The summed E-state index contributed by atoms with van der Waals surface area (Å²) in [5.41, 5.74) is 1.81. The molecule has 0 bridgehead atoms. The molecule has 0 aliphatic heterocycles. The van der Waals surface area contributed by atoms with E-state index in [0.717, 1.165) is 22.5 Å². The third kappa shape index (κ3) is 2.53. The van der Waals surface area contributed by atoms with Gasteiger partial charge in [0.15, 0.2) is 0 Å². The number of hydrogen-bond acceptors (Lipinski definition) is 3. The molecule has 3 nitrogen and oxygen atoms in total. The van der Waals surface area contributed by atoms with Crippen LogP contribution < -0.4 is 0 Å². The molecule has 0 fully saturated rings. The molecule has 0 aliphatic carbocycles. The van der Waals surface area contributed by atoms with E-state index in [1.165, 1.54) is 4.88 Å². The van der Waals surface area contributed by atoms with Crippen LogP contribution in [0, 0.1) is 0 Å². The Morgan fingerprint density at radius 2 is 2.00 bits per heavy atom. The second-order valence-electron chi connectivity index (χ2n) is 4.61. The number of para-hydroxylation sites is 1. The summed E-state index contributed by atoms with van der Waals surface area (Å²) < 4.78 is 1.78. The van der Waals surface area contributed by atoms with Crippen molar-refractivity contribution in [3.8, 4) is 5.69 Å². The molecule has 0 amide bonds. The van der Waals surface area contributed by atoms with Crippen molar-refractivity contribution < 1.29 is 5.11 Å². The monoisotopic (exact) mass is 284 g/mol. The summed E-state index contributed by atoms with van der Waals surface area (Å²) in [5.74, 6) is 0. The molecular formula is C16H16N2OS. The largest absolute Gasteiger partial charge is 0.383 e. The standard InChI is InChI=1S/C16H16N2OS/c1-2-14-8-9-15(20-14)16(19)12-10-17-18(11-12)13-6-4-3-5-7-13/h3-11,16,19H,2H2,1H3. The summed E-state index contributed by atoms with van der Waals surface area (Å²) >= 11 is 1.65. The molecule has 20 heavy (non-hydrogen) atoms. The van der Waals surface area contributed by atoms with Crippen LogP contribution in [0.25, 0.3) is 5.69 Å². The maximum atomic E-state index is 10.4. The minimum atomic E-state index is -0.599. The van der Waals surface area contributed by atoms with Crippen LogP contribution in [-0.4, -0.2) is 14.9 Å². The first-order valence-electron chi connectivity index (χ1n) is 6.64. The predicted molar refractivity (Wildman–Crippen MR) is 81.3 cm³/mol. The van der Waals surface area contributed by atoms with E-state index < -0.39 is 6.10 Å². The lowest BCUT2D eigenvalue weighted by Crippen LogP contribution is -1.96. The third-order valence-corrected chi connectivity index (χ3v) is 4.52. The van der Waals surface area contributed by atoms with Crippen molar-refractivity contribution in [3.63, 3.8) is 0 Å². The van der Waals surface area contributed by atoms with Crippen LogP contribution in [0.2, 0.25) is 0 Å². The van der Waals surface area contributed by atoms with Crippen molar-refractivity contribution in [3.05, 3.63) is 70.2 Å². The smallest absolute Gasteiger partial charge is 0.116 e. The number of aryl methyl sites for hydroxylation is 1. The molecule has 102 valence electrons. The quantitative estimate of drug-likeness (QED) is 0.795. The highest BCUT2D eigenvalue weighted by Crippen LogP contribution is 2.28. The van der Waals surface area contributed by atoms with Gasteiger partial charge in [-0.05, 0) is 30.7 Å². The summed E-state index contributed by atoms with van der Waals surface area (Å²) in [6, 6.07) is 14.0. The van der Waals surface area contributed by atoms with E-state index in [9.17, 15) is 5.11 Å². The summed E-state index contributed by atoms with van der Waals surface area (Å²) in [4.78, 5) is 2.25. The summed E-state index contributed by atoms with van der Waals surface area (Å²) in [6.07, 6.45) is 4.01. The fourth-order valence-electron chi connectivity index (χ4n) is 2.10. The Labute approximate surface area is 122 Å². The number of thiophene rings is 1. The minimum absolute atomic E-state index is 0.599. The van der Waals surface area contributed by atoms with Gasteiger partial charge >= 0.3 is 0 Å². The molecule has 1 unspecified atom stereocenters. The Morgan fingerprint density at radius 3 is 2.70 bits per heavy atom. The van der Waals surface area contributed by atoms with E-state index in [4.69, 9.17) is 0 Å². The minimum Gasteiger partial charge on any atom is -0.383 e. The Balaban J connectivity index is 1.86. The number of benzene rings is 1. The van der Waals surface area contributed by atoms with Crippen LogP contribution in [-0.2, 0) is 6.42 Å². The van der Waals surface area contributed by atoms with Crippen molar-refractivity contribution in [2.24, 2.45) is 0 Å². The predicted octanol–water partition coefficient (Wildman–Crippen LogP) is 3.58. The SMILES string of the molecule is CCc1ccc(C(O)c2cnn(-c3ccccc3)c2)s1. The first-order chi connectivity index (χ1) is 9.78. The zero-order chi connectivity index (χ0) is 13.9. The van der Waals surface area contributed by atoms with Gasteiger partial charge in [-0.3, -0.25) is 0 Å². The molecular weight excluding hydrogens is 268 g/mol. The topological polar surface area (TPSA) is 38.1 Å². The molecule has 3 aromatic rings. The molecule has 0 spiro atoms. The Kier molecular flexibility index (Phi) is 3.67. The van der Waals surface area contributed by atoms with E-state index in [1.807, 2.05) is 42.6 Å². The second kappa shape index (κ2) is 5.61. The zero-order valence-corrected chi connectivity index (χ0v) is 12.0.